The quantitative estimate of drug-likeness (QED) is 0.727. The van der Waals surface area contributed by atoms with Crippen molar-refractivity contribution in [2.45, 2.75) is 50.7 Å². The summed E-state index contributed by atoms with van der Waals surface area (Å²) in [5.74, 6) is 0.812. The van der Waals surface area contributed by atoms with Gasteiger partial charge in [0.1, 0.15) is 17.7 Å². The zero-order valence-electron chi connectivity index (χ0n) is 17.4. The van der Waals surface area contributed by atoms with Gasteiger partial charge in [-0.1, -0.05) is 18.2 Å². The van der Waals surface area contributed by atoms with E-state index in [0.717, 1.165) is 57.6 Å². The number of rotatable bonds is 6. The summed E-state index contributed by atoms with van der Waals surface area (Å²) in [6, 6.07) is 11.1. The molecule has 0 N–H and O–H groups in total. The maximum absolute atomic E-state index is 13.7. The summed E-state index contributed by atoms with van der Waals surface area (Å²) < 4.78 is 19.8. The highest BCUT2D eigenvalue weighted by atomic mass is 19.1. The third kappa shape index (κ3) is 5.36. The van der Waals surface area contributed by atoms with E-state index in [2.05, 4.69) is 9.88 Å². The van der Waals surface area contributed by atoms with Crippen LogP contribution in [0, 0.1) is 5.82 Å². The minimum Gasteiger partial charge on any atom is -0.490 e. The van der Waals surface area contributed by atoms with E-state index in [0.29, 0.717) is 24.4 Å². The average molecular weight is 412 g/mol. The average Bonchev–Trinajstić information content (AvgIpc) is 2.80. The number of hydrogen-bond donors (Lipinski definition) is 0. The molecule has 1 amide bonds. The van der Waals surface area contributed by atoms with Crippen LogP contribution in [0.2, 0.25) is 0 Å². The van der Waals surface area contributed by atoms with Crippen molar-refractivity contribution >= 4 is 5.91 Å². The summed E-state index contributed by atoms with van der Waals surface area (Å²) in [6.07, 6.45) is 8.73. The number of pyridine rings is 1. The van der Waals surface area contributed by atoms with Crippen LogP contribution in [0.4, 0.5) is 4.39 Å². The van der Waals surface area contributed by atoms with Crippen LogP contribution in [-0.2, 0) is 11.2 Å². The van der Waals surface area contributed by atoms with E-state index in [1.54, 1.807) is 24.5 Å². The zero-order chi connectivity index (χ0) is 20.8. The van der Waals surface area contributed by atoms with Crippen LogP contribution in [-0.4, -0.2) is 59.0 Å². The first-order valence-corrected chi connectivity index (χ1v) is 11.0. The highest BCUT2D eigenvalue weighted by Crippen LogP contribution is 2.24. The van der Waals surface area contributed by atoms with Crippen LogP contribution in [0.3, 0.4) is 0 Å². The third-order valence-corrected chi connectivity index (χ3v) is 6.33. The monoisotopic (exact) mass is 411 g/mol. The molecule has 1 aromatic carbocycles. The van der Waals surface area contributed by atoms with Gasteiger partial charge in [-0.3, -0.25) is 14.7 Å². The zero-order valence-corrected chi connectivity index (χ0v) is 17.4. The van der Waals surface area contributed by atoms with Gasteiger partial charge < -0.3 is 9.64 Å². The van der Waals surface area contributed by atoms with Crippen LogP contribution in [0.25, 0.3) is 0 Å². The predicted octanol–water partition coefficient (Wildman–Crippen LogP) is 3.69. The lowest BCUT2D eigenvalue weighted by Gasteiger charge is -2.41. The number of carbonyl (C=O) groups excluding carboxylic acids is 1. The fraction of sp³-hybridized carbons (Fsp3) is 0.500. The number of carbonyl (C=O) groups is 1. The summed E-state index contributed by atoms with van der Waals surface area (Å²) in [7, 11) is 0. The molecule has 2 aromatic rings. The van der Waals surface area contributed by atoms with E-state index >= 15 is 0 Å². The van der Waals surface area contributed by atoms with E-state index < -0.39 is 0 Å². The van der Waals surface area contributed by atoms with Crippen molar-refractivity contribution in [2.75, 3.05) is 26.2 Å². The molecular formula is C24H30FN3O2. The van der Waals surface area contributed by atoms with E-state index in [4.69, 9.17) is 4.74 Å². The van der Waals surface area contributed by atoms with Gasteiger partial charge in [0.2, 0.25) is 5.91 Å². The van der Waals surface area contributed by atoms with E-state index in [1.165, 1.54) is 6.07 Å². The number of hydrogen-bond acceptors (Lipinski definition) is 4. The van der Waals surface area contributed by atoms with Crippen molar-refractivity contribution in [2.24, 2.45) is 0 Å². The number of ether oxygens (including phenoxy) is 1. The molecule has 30 heavy (non-hydrogen) atoms. The van der Waals surface area contributed by atoms with Gasteiger partial charge in [0, 0.05) is 51.0 Å². The Morgan fingerprint density at radius 1 is 1.00 bits per heavy atom. The summed E-state index contributed by atoms with van der Waals surface area (Å²) in [6.45, 7) is 3.69. The normalized spacial score (nSPS) is 19.0. The first kappa shape index (κ1) is 20.8. The van der Waals surface area contributed by atoms with Gasteiger partial charge in [0.25, 0.3) is 0 Å². The third-order valence-electron chi connectivity index (χ3n) is 6.33. The number of amides is 1. The standard InChI is InChI=1S/C24H30FN3O2/c25-23-4-2-1-3-19(23)5-6-24(29)28-15-9-20(10-16-28)27-17-11-22(12-18-27)30-21-7-13-26-14-8-21/h1-4,7-8,13-14,20,22H,5-6,9-12,15-18H2. The minimum absolute atomic E-state index is 0.140. The van der Waals surface area contributed by atoms with E-state index in [1.807, 2.05) is 23.1 Å². The number of benzene rings is 1. The lowest BCUT2D eigenvalue weighted by molar-refractivity contribution is -0.132. The van der Waals surface area contributed by atoms with Gasteiger partial charge in [-0.25, -0.2) is 4.39 Å². The van der Waals surface area contributed by atoms with E-state index in [-0.39, 0.29) is 17.8 Å². The van der Waals surface area contributed by atoms with Gasteiger partial charge in [0.05, 0.1) is 0 Å². The fourth-order valence-electron chi connectivity index (χ4n) is 4.55. The van der Waals surface area contributed by atoms with E-state index in [9.17, 15) is 9.18 Å². The summed E-state index contributed by atoms with van der Waals surface area (Å²) >= 11 is 0. The molecule has 2 aliphatic heterocycles. The molecule has 1 aromatic heterocycles. The summed E-state index contributed by atoms with van der Waals surface area (Å²) in [4.78, 5) is 21.1. The van der Waals surface area contributed by atoms with Crippen LogP contribution in [0.1, 0.15) is 37.7 Å². The highest BCUT2D eigenvalue weighted by molar-refractivity contribution is 5.76. The van der Waals surface area contributed by atoms with Crippen LogP contribution in [0.5, 0.6) is 5.75 Å². The number of piperidine rings is 2. The topological polar surface area (TPSA) is 45.7 Å². The minimum atomic E-state index is -0.222. The van der Waals surface area contributed by atoms with Crippen LogP contribution >= 0.6 is 0 Å². The molecule has 0 spiro atoms. The molecule has 0 aliphatic carbocycles. The molecule has 2 aliphatic rings. The first-order chi connectivity index (χ1) is 14.7. The highest BCUT2D eigenvalue weighted by Gasteiger charge is 2.30. The molecule has 0 bridgehead atoms. The van der Waals surface area contributed by atoms with Crippen molar-refractivity contribution in [1.82, 2.24) is 14.8 Å². The van der Waals surface area contributed by atoms with Crippen molar-refractivity contribution in [3.63, 3.8) is 0 Å². The van der Waals surface area contributed by atoms with Crippen molar-refractivity contribution in [3.8, 4) is 5.75 Å². The van der Waals surface area contributed by atoms with Crippen molar-refractivity contribution in [3.05, 3.63) is 60.2 Å². The molecule has 3 heterocycles. The number of likely N-dealkylation sites (tertiary alicyclic amines) is 2. The van der Waals surface area contributed by atoms with Crippen LogP contribution < -0.4 is 4.74 Å². The number of nitrogens with zero attached hydrogens (tertiary/aromatic N) is 3. The SMILES string of the molecule is O=C(CCc1ccccc1F)N1CCC(N2CCC(Oc3ccncc3)CC2)CC1. The fourth-order valence-corrected chi connectivity index (χ4v) is 4.55. The Morgan fingerprint density at radius 2 is 1.70 bits per heavy atom. The van der Waals surface area contributed by atoms with Crippen molar-refractivity contribution in [1.29, 1.82) is 0 Å². The maximum atomic E-state index is 13.7. The second-order valence-corrected chi connectivity index (χ2v) is 8.24. The summed E-state index contributed by atoms with van der Waals surface area (Å²) in [5, 5.41) is 0. The molecule has 6 heteroatoms. The molecule has 0 saturated carbocycles. The lowest BCUT2D eigenvalue weighted by atomic mass is 9.98. The molecule has 4 rings (SSSR count). The summed E-state index contributed by atoms with van der Waals surface area (Å²) in [5.41, 5.74) is 0.623. The largest absolute Gasteiger partial charge is 0.490 e. The lowest BCUT2D eigenvalue weighted by Crippen LogP contribution is -2.50. The second-order valence-electron chi connectivity index (χ2n) is 8.24. The maximum Gasteiger partial charge on any atom is 0.222 e. The molecule has 2 saturated heterocycles. The Hall–Kier alpha value is -2.47. The number of halogens is 1. The molecule has 0 radical (unpaired) electrons. The Morgan fingerprint density at radius 3 is 2.40 bits per heavy atom. The molecule has 2 fully saturated rings. The van der Waals surface area contributed by atoms with Gasteiger partial charge in [-0.2, -0.15) is 0 Å². The number of aryl methyl sites for hydroxylation is 1. The Bertz CT molecular complexity index is 816. The molecule has 0 unspecified atom stereocenters. The van der Waals surface area contributed by atoms with Gasteiger partial charge >= 0.3 is 0 Å². The molecular weight excluding hydrogens is 381 g/mol. The second kappa shape index (κ2) is 10.0. The van der Waals surface area contributed by atoms with Gasteiger partial charge in [0.15, 0.2) is 0 Å². The Labute approximate surface area is 177 Å². The Kier molecular flexibility index (Phi) is 6.95. The predicted molar refractivity (Wildman–Crippen MR) is 114 cm³/mol. The number of aromatic nitrogens is 1. The van der Waals surface area contributed by atoms with Crippen molar-refractivity contribution < 1.29 is 13.9 Å². The molecule has 5 nitrogen and oxygen atoms in total. The first-order valence-electron chi connectivity index (χ1n) is 11.0. The van der Waals surface area contributed by atoms with Gasteiger partial charge in [-0.05, 0) is 55.9 Å². The molecule has 160 valence electrons. The Balaban J connectivity index is 1.18. The molecule has 0 atom stereocenters. The van der Waals surface area contributed by atoms with Gasteiger partial charge in [-0.15, -0.1) is 0 Å². The smallest absolute Gasteiger partial charge is 0.222 e. The van der Waals surface area contributed by atoms with Crippen LogP contribution in [0.15, 0.2) is 48.8 Å².